The fraction of sp³-hybridized carbons (Fsp3) is 0.808. The summed E-state index contributed by atoms with van der Waals surface area (Å²) in [6.07, 6.45) is 7.01. The van der Waals surface area contributed by atoms with E-state index in [0.717, 1.165) is 32.1 Å². The Morgan fingerprint density at radius 2 is 1.84 bits per heavy atom. The maximum atomic E-state index is 12.9. The summed E-state index contributed by atoms with van der Waals surface area (Å²) in [5, 5.41) is 0. The van der Waals surface area contributed by atoms with Gasteiger partial charge in [-0.2, -0.15) is 0 Å². The predicted octanol–water partition coefficient (Wildman–Crippen LogP) is 5.01. The average Bonchev–Trinajstić information content (AvgIpc) is 2.76. The number of carbonyl (C=O) groups is 1. The van der Waals surface area contributed by atoms with Gasteiger partial charge in [0.1, 0.15) is 25.3 Å². The van der Waals surface area contributed by atoms with Crippen molar-refractivity contribution in [2.75, 3.05) is 26.8 Å². The lowest BCUT2D eigenvalue weighted by Crippen LogP contribution is -2.76. The molecule has 0 radical (unpaired) electrons. The topological polar surface area (TPSA) is 63.2 Å². The monoisotopic (exact) mass is 450 g/mol. The van der Waals surface area contributed by atoms with Crippen LogP contribution in [0.3, 0.4) is 0 Å². The van der Waals surface area contributed by atoms with Crippen LogP contribution in [0, 0.1) is 23.2 Å². The third-order valence-electron chi connectivity index (χ3n) is 6.94. The zero-order valence-corrected chi connectivity index (χ0v) is 20.7. The molecule has 0 spiro atoms. The van der Waals surface area contributed by atoms with Crippen LogP contribution in [0.2, 0.25) is 0 Å². The molecule has 1 heterocycles. The summed E-state index contributed by atoms with van der Waals surface area (Å²) in [7, 11) is 0. The van der Waals surface area contributed by atoms with E-state index in [1.807, 2.05) is 13.0 Å². The Hall–Kier alpha value is -1.39. The van der Waals surface area contributed by atoms with Crippen molar-refractivity contribution < 1.29 is 28.5 Å². The lowest BCUT2D eigenvalue weighted by molar-refractivity contribution is -0.321. The van der Waals surface area contributed by atoms with Crippen LogP contribution in [0.15, 0.2) is 12.7 Å². The lowest BCUT2D eigenvalue weighted by atomic mass is 9.53. The largest absolute Gasteiger partial charge is 0.440 e. The van der Waals surface area contributed by atoms with Gasteiger partial charge in [0.25, 0.3) is 0 Å². The molecule has 6 nitrogen and oxygen atoms in total. The summed E-state index contributed by atoms with van der Waals surface area (Å²) in [5.74, 6) is 6.02. The minimum absolute atomic E-state index is 0.0994. The number of hydrogen-bond donors (Lipinski definition) is 0. The van der Waals surface area contributed by atoms with Gasteiger partial charge in [0.2, 0.25) is 5.60 Å². The molecule has 0 bridgehead atoms. The molecule has 6 heteroatoms. The minimum atomic E-state index is -1.28. The molecule has 1 aliphatic heterocycles. The molecule has 32 heavy (non-hydrogen) atoms. The number of carbonyl (C=O) groups excluding carboxylic acids is 1. The smallest absolute Gasteiger partial charge is 0.308 e. The van der Waals surface area contributed by atoms with E-state index >= 15 is 0 Å². The highest BCUT2D eigenvalue weighted by Crippen LogP contribution is 2.59. The van der Waals surface area contributed by atoms with Crippen molar-refractivity contribution in [3.05, 3.63) is 12.7 Å². The summed E-state index contributed by atoms with van der Waals surface area (Å²) >= 11 is 0. The van der Waals surface area contributed by atoms with Crippen molar-refractivity contribution >= 4 is 5.97 Å². The van der Waals surface area contributed by atoms with E-state index in [-0.39, 0.29) is 31.9 Å². The van der Waals surface area contributed by atoms with E-state index in [4.69, 9.17) is 23.7 Å². The number of hydrogen-bond acceptors (Lipinski definition) is 6. The van der Waals surface area contributed by atoms with Crippen LogP contribution in [0.5, 0.6) is 0 Å². The predicted molar refractivity (Wildman–Crippen MR) is 124 cm³/mol. The standard InChI is InChI=1S/C26H42O6/c1-7-11-16-28-19-30-23-21(5)13-15-26(31-20-29-17-12-8-2)24(6,10-4)18-22(27)32-25(23,26)14-9-3/h10,21,23H,4,7-8,11-13,15-20H2,1-3,5-6H3/t21?,23?,24?,25?,26-/m0/s1. The zero-order valence-electron chi connectivity index (χ0n) is 20.7. The molecule has 2 fully saturated rings. The highest BCUT2D eigenvalue weighted by atomic mass is 16.7. The lowest BCUT2D eigenvalue weighted by Gasteiger charge is -2.62. The Kier molecular flexibility index (Phi) is 10.2. The van der Waals surface area contributed by atoms with E-state index in [1.165, 1.54) is 0 Å². The molecule has 5 atom stereocenters. The van der Waals surface area contributed by atoms with Crippen molar-refractivity contribution in [2.45, 2.75) is 96.9 Å². The molecule has 4 unspecified atom stereocenters. The molecule has 1 saturated carbocycles. The molecule has 0 N–H and O–H groups in total. The first kappa shape index (κ1) is 26.9. The van der Waals surface area contributed by atoms with Gasteiger partial charge in [-0.15, -0.1) is 12.5 Å². The van der Waals surface area contributed by atoms with Crippen molar-refractivity contribution in [2.24, 2.45) is 11.3 Å². The second kappa shape index (κ2) is 12.2. The van der Waals surface area contributed by atoms with Gasteiger partial charge < -0.3 is 23.7 Å². The second-order valence-corrected chi connectivity index (χ2v) is 9.22. The van der Waals surface area contributed by atoms with E-state index in [1.54, 1.807) is 6.92 Å². The summed E-state index contributed by atoms with van der Waals surface area (Å²) in [5.41, 5.74) is -2.91. The van der Waals surface area contributed by atoms with Crippen LogP contribution in [0.4, 0.5) is 0 Å². The number of esters is 1. The zero-order chi connectivity index (χ0) is 23.7. The number of ether oxygens (including phenoxy) is 5. The fourth-order valence-corrected chi connectivity index (χ4v) is 5.03. The Bertz CT molecular complexity index is 682. The summed E-state index contributed by atoms with van der Waals surface area (Å²) in [6.45, 7) is 15.6. The van der Waals surface area contributed by atoms with Gasteiger partial charge in [0, 0.05) is 18.6 Å². The third kappa shape index (κ3) is 5.22. The first-order valence-electron chi connectivity index (χ1n) is 12.1. The maximum absolute atomic E-state index is 12.9. The molecular formula is C26H42O6. The van der Waals surface area contributed by atoms with Crippen LogP contribution < -0.4 is 0 Å². The fourth-order valence-electron chi connectivity index (χ4n) is 5.03. The quantitative estimate of drug-likeness (QED) is 0.129. The normalized spacial score (nSPS) is 34.2. The van der Waals surface area contributed by atoms with Gasteiger partial charge in [-0.25, -0.2) is 0 Å². The Balaban J connectivity index is 2.44. The van der Waals surface area contributed by atoms with E-state index in [9.17, 15) is 4.79 Å². The van der Waals surface area contributed by atoms with Gasteiger partial charge in [-0.05, 0) is 44.4 Å². The number of unbranched alkanes of at least 4 members (excludes halogenated alkanes) is 2. The first-order valence-corrected chi connectivity index (χ1v) is 12.1. The van der Waals surface area contributed by atoms with Crippen molar-refractivity contribution in [3.8, 4) is 11.8 Å². The molecule has 182 valence electrons. The Morgan fingerprint density at radius 3 is 2.44 bits per heavy atom. The Morgan fingerprint density at radius 1 is 1.19 bits per heavy atom. The molecule has 1 aliphatic carbocycles. The van der Waals surface area contributed by atoms with E-state index < -0.39 is 22.7 Å². The van der Waals surface area contributed by atoms with Crippen LogP contribution in [-0.4, -0.2) is 50.1 Å². The molecular weight excluding hydrogens is 408 g/mol. The van der Waals surface area contributed by atoms with Crippen molar-refractivity contribution in [3.63, 3.8) is 0 Å². The highest BCUT2D eigenvalue weighted by Gasteiger charge is 2.72. The van der Waals surface area contributed by atoms with Crippen LogP contribution in [0.1, 0.15) is 79.6 Å². The summed E-state index contributed by atoms with van der Waals surface area (Å²) in [4.78, 5) is 12.9. The van der Waals surface area contributed by atoms with E-state index in [2.05, 4.69) is 39.2 Å². The van der Waals surface area contributed by atoms with E-state index in [0.29, 0.717) is 19.6 Å². The van der Waals surface area contributed by atoms with Gasteiger partial charge >= 0.3 is 5.97 Å². The van der Waals surface area contributed by atoms with Gasteiger partial charge in [-0.3, -0.25) is 4.79 Å². The van der Waals surface area contributed by atoms with Crippen LogP contribution >= 0.6 is 0 Å². The van der Waals surface area contributed by atoms with Gasteiger partial charge in [-0.1, -0.05) is 46.6 Å². The number of rotatable bonds is 13. The summed E-state index contributed by atoms with van der Waals surface area (Å²) < 4.78 is 30.4. The van der Waals surface area contributed by atoms with Gasteiger partial charge in [0.05, 0.1) is 6.42 Å². The molecule has 2 aliphatic rings. The van der Waals surface area contributed by atoms with Crippen LogP contribution in [-0.2, 0) is 28.5 Å². The maximum Gasteiger partial charge on any atom is 0.308 e. The van der Waals surface area contributed by atoms with Gasteiger partial charge in [0.15, 0.2) is 0 Å². The van der Waals surface area contributed by atoms with Crippen molar-refractivity contribution in [1.82, 2.24) is 0 Å². The second-order valence-electron chi connectivity index (χ2n) is 9.22. The third-order valence-corrected chi connectivity index (χ3v) is 6.94. The molecule has 0 amide bonds. The minimum Gasteiger partial charge on any atom is -0.440 e. The summed E-state index contributed by atoms with van der Waals surface area (Å²) in [6, 6.07) is 0. The molecule has 0 aromatic rings. The molecule has 0 aromatic heterocycles. The average molecular weight is 451 g/mol. The SMILES string of the molecule is C=CC1(C)CC(=O)OC2(C#CC)C(OCOCCCC)C(C)CC[C@]12OCOCCCC. The molecule has 1 saturated heterocycles. The molecule has 2 rings (SSSR count). The number of fused-ring (bicyclic) bond motifs is 1. The van der Waals surface area contributed by atoms with Crippen molar-refractivity contribution in [1.29, 1.82) is 0 Å². The first-order chi connectivity index (χ1) is 15.4. The Labute approximate surface area is 194 Å². The molecule has 0 aromatic carbocycles. The highest BCUT2D eigenvalue weighted by molar-refractivity contribution is 5.74. The van der Waals surface area contributed by atoms with Crippen LogP contribution in [0.25, 0.3) is 0 Å².